The van der Waals surface area contributed by atoms with E-state index in [9.17, 15) is 9.18 Å². The second-order valence-electron chi connectivity index (χ2n) is 10.8. The molecule has 2 heterocycles. The molecule has 2 aliphatic heterocycles. The largest absolute Gasteiger partial charge is 0.496 e. The maximum absolute atomic E-state index is 14.1. The van der Waals surface area contributed by atoms with Crippen LogP contribution in [0.25, 0.3) is 0 Å². The topological polar surface area (TPSA) is 70.1 Å². The van der Waals surface area contributed by atoms with Gasteiger partial charge in [0.05, 0.1) is 12.7 Å². The standard InChI is InChI=1S/C15H18FNO2.C12H15Cl2N.C5H9Cl.C2H6.CH2O2/c1-19-14-9-13(16)12(8-11(14)10-4-5-10)15(18)17-6-2-3-7-17;13-11-6-10(7-12(14)8-11)9-15-4-2-1-3-5-15;1-3-4-5(2)6;1-2;2-1-3/h8-10H,2-7H2,1H3;6-8H,1-5,9H2;4H,3H2,1-2H3;1-2H3;1H,(H,2,3)/b;;5-4+;;. The Morgan fingerprint density at radius 2 is 1.51 bits per heavy atom. The summed E-state index contributed by atoms with van der Waals surface area (Å²) in [6.45, 7) is 12.5. The number of halogens is 4. The zero-order valence-corrected chi connectivity index (χ0v) is 29.7. The molecule has 0 radical (unpaired) electrons. The van der Waals surface area contributed by atoms with Crippen molar-refractivity contribution in [3.63, 3.8) is 0 Å². The molecule has 1 aliphatic carbocycles. The second-order valence-corrected chi connectivity index (χ2v) is 12.2. The number of carbonyl (C=O) groups is 2. The Morgan fingerprint density at radius 3 is 1.96 bits per heavy atom. The molecule has 3 aliphatic rings. The number of hydrogen-bond donors (Lipinski definition) is 1. The summed E-state index contributed by atoms with van der Waals surface area (Å²) in [6, 6.07) is 8.84. The van der Waals surface area contributed by atoms with E-state index in [2.05, 4.69) is 11.8 Å². The van der Waals surface area contributed by atoms with Crippen molar-refractivity contribution in [3.05, 3.63) is 74.0 Å². The molecule has 2 aromatic carbocycles. The van der Waals surface area contributed by atoms with E-state index in [0.717, 1.165) is 72.4 Å². The Labute approximate surface area is 284 Å². The summed E-state index contributed by atoms with van der Waals surface area (Å²) in [6.07, 6.45) is 11.2. The fourth-order valence-corrected chi connectivity index (χ4v) is 5.80. The molecule has 10 heteroatoms. The van der Waals surface area contributed by atoms with Gasteiger partial charge in [0, 0.05) is 40.8 Å². The van der Waals surface area contributed by atoms with Crippen LogP contribution < -0.4 is 4.74 Å². The zero-order chi connectivity index (χ0) is 33.8. The van der Waals surface area contributed by atoms with Gasteiger partial charge in [-0.25, -0.2) is 4.39 Å². The lowest BCUT2D eigenvalue weighted by atomic mass is 10.0. The Hall–Kier alpha value is -2.32. The molecule has 0 bridgehead atoms. The molecule has 0 unspecified atom stereocenters. The fraction of sp³-hybridized carbons (Fsp3) is 0.543. The maximum atomic E-state index is 14.1. The van der Waals surface area contributed by atoms with Crippen molar-refractivity contribution in [1.82, 2.24) is 9.80 Å². The summed E-state index contributed by atoms with van der Waals surface area (Å²) in [5.41, 5.74) is 2.39. The molecular weight excluding hydrogens is 638 g/mol. The minimum absolute atomic E-state index is 0.181. The maximum Gasteiger partial charge on any atom is 0.290 e. The van der Waals surface area contributed by atoms with Crippen molar-refractivity contribution in [2.45, 2.75) is 91.5 Å². The van der Waals surface area contributed by atoms with E-state index in [0.29, 0.717) is 11.7 Å². The van der Waals surface area contributed by atoms with Crippen LogP contribution in [-0.4, -0.2) is 60.6 Å². The number of methoxy groups -OCH3 is 1. The van der Waals surface area contributed by atoms with Gasteiger partial charge in [0.25, 0.3) is 12.4 Å². The fourth-order valence-electron chi connectivity index (χ4n) is 5.08. The molecule has 0 aromatic heterocycles. The monoisotopic (exact) mass is 686 g/mol. The summed E-state index contributed by atoms with van der Waals surface area (Å²) in [5, 5.41) is 9.24. The molecular formula is C35H50Cl3FN2O4. The number of amides is 1. The number of allylic oxidation sites excluding steroid dienone is 2. The van der Waals surface area contributed by atoms with Gasteiger partial charge in [-0.3, -0.25) is 14.5 Å². The smallest absolute Gasteiger partial charge is 0.290 e. The molecule has 252 valence electrons. The van der Waals surface area contributed by atoms with Crippen LogP contribution in [0.15, 0.2) is 41.4 Å². The van der Waals surface area contributed by atoms with Gasteiger partial charge in [-0.15, -0.1) is 0 Å². The molecule has 45 heavy (non-hydrogen) atoms. The van der Waals surface area contributed by atoms with E-state index in [1.165, 1.54) is 44.0 Å². The van der Waals surface area contributed by atoms with Crippen LogP contribution in [0.1, 0.15) is 106 Å². The molecule has 2 saturated heterocycles. The quantitative estimate of drug-likeness (QED) is 0.306. The normalized spacial score (nSPS) is 15.9. The lowest BCUT2D eigenvalue weighted by Crippen LogP contribution is -2.29. The summed E-state index contributed by atoms with van der Waals surface area (Å²) in [5.74, 6) is 0.344. The summed E-state index contributed by atoms with van der Waals surface area (Å²) in [4.78, 5) is 24.9. The average Bonchev–Trinajstić information content (AvgIpc) is 3.71. The van der Waals surface area contributed by atoms with Crippen LogP contribution >= 0.6 is 34.8 Å². The molecule has 6 nitrogen and oxygen atoms in total. The van der Waals surface area contributed by atoms with Crippen LogP contribution in [0, 0.1) is 5.82 Å². The van der Waals surface area contributed by atoms with Gasteiger partial charge in [0.15, 0.2) is 0 Å². The van der Waals surface area contributed by atoms with Crippen molar-refractivity contribution < 1.29 is 23.8 Å². The molecule has 1 amide bonds. The first kappa shape index (κ1) is 40.7. The van der Waals surface area contributed by atoms with Gasteiger partial charge in [0.2, 0.25) is 0 Å². The third-order valence-electron chi connectivity index (χ3n) is 7.22. The van der Waals surface area contributed by atoms with Gasteiger partial charge in [-0.1, -0.05) is 68.1 Å². The number of nitrogens with zero attached hydrogens (tertiary/aromatic N) is 2. The Morgan fingerprint density at radius 1 is 0.978 bits per heavy atom. The van der Waals surface area contributed by atoms with Crippen molar-refractivity contribution in [2.24, 2.45) is 0 Å². The Kier molecular flexibility index (Phi) is 20.9. The molecule has 1 saturated carbocycles. The van der Waals surface area contributed by atoms with E-state index in [1.807, 2.05) is 39.0 Å². The molecule has 3 fully saturated rings. The SMILES string of the molecule is CC.CC/C=C(\C)Cl.COc1cc(F)c(C(=O)N2CCCC2)cc1C1CC1.Clc1cc(Cl)cc(CN2CCCCC2)c1.O=CO. The molecule has 5 rings (SSSR count). The Balaban J connectivity index is 0.000000347. The number of rotatable bonds is 6. The first-order valence-corrected chi connectivity index (χ1v) is 17.0. The number of hydrogen-bond acceptors (Lipinski definition) is 4. The number of likely N-dealkylation sites (tertiary alicyclic amines) is 2. The molecule has 2 aromatic rings. The minimum Gasteiger partial charge on any atom is -0.496 e. The third-order valence-corrected chi connectivity index (χ3v) is 7.81. The highest BCUT2D eigenvalue weighted by molar-refractivity contribution is 6.34. The number of carboxylic acid groups (broad SMARTS) is 1. The lowest BCUT2D eigenvalue weighted by molar-refractivity contribution is -0.122. The van der Waals surface area contributed by atoms with Gasteiger partial charge in [-0.2, -0.15) is 0 Å². The van der Waals surface area contributed by atoms with Crippen LogP contribution in [0.2, 0.25) is 10.0 Å². The van der Waals surface area contributed by atoms with E-state index in [-0.39, 0.29) is 17.9 Å². The van der Waals surface area contributed by atoms with Crippen LogP contribution in [0.4, 0.5) is 4.39 Å². The van der Waals surface area contributed by atoms with Gasteiger partial charge >= 0.3 is 0 Å². The predicted molar refractivity (Wildman–Crippen MR) is 186 cm³/mol. The van der Waals surface area contributed by atoms with Gasteiger partial charge < -0.3 is 14.7 Å². The highest BCUT2D eigenvalue weighted by atomic mass is 35.5. The third kappa shape index (κ3) is 15.7. The molecule has 0 spiro atoms. The van der Waals surface area contributed by atoms with E-state index < -0.39 is 5.82 Å². The summed E-state index contributed by atoms with van der Waals surface area (Å²) >= 11 is 17.4. The first-order valence-electron chi connectivity index (χ1n) is 15.9. The number of benzene rings is 2. The molecule has 1 N–H and O–H groups in total. The minimum atomic E-state index is -0.474. The number of piperidine rings is 1. The first-order chi connectivity index (χ1) is 21.6. The van der Waals surface area contributed by atoms with Gasteiger partial charge in [0.1, 0.15) is 11.6 Å². The lowest BCUT2D eigenvalue weighted by Gasteiger charge is -2.26. The number of carbonyl (C=O) groups excluding carboxylic acids is 1. The summed E-state index contributed by atoms with van der Waals surface area (Å²) in [7, 11) is 1.54. The van der Waals surface area contributed by atoms with Crippen molar-refractivity contribution in [2.75, 3.05) is 33.3 Å². The van der Waals surface area contributed by atoms with E-state index in [1.54, 1.807) is 24.1 Å². The van der Waals surface area contributed by atoms with Gasteiger partial charge in [-0.05, 0) is 106 Å². The van der Waals surface area contributed by atoms with Crippen molar-refractivity contribution >= 4 is 47.2 Å². The van der Waals surface area contributed by atoms with Crippen LogP contribution in [-0.2, 0) is 11.3 Å². The van der Waals surface area contributed by atoms with Crippen molar-refractivity contribution in [1.29, 1.82) is 0 Å². The van der Waals surface area contributed by atoms with Crippen molar-refractivity contribution in [3.8, 4) is 5.75 Å². The average molecular weight is 688 g/mol. The predicted octanol–water partition coefficient (Wildman–Crippen LogP) is 10.2. The highest BCUT2D eigenvalue weighted by Crippen LogP contribution is 2.45. The summed E-state index contributed by atoms with van der Waals surface area (Å²) < 4.78 is 19.3. The van der Waals surface area contributed by atoms with E-state index in [4.69, 9.17) is 49.4 Å². The molecule has 0 atom stereocenters. The zero-order valence-electron chi connectivity index (χ0n) is 27.4. The van der Waals surface area contributed by atoms with Crippen LogP contribution in [0.5, 0.6) is 5.75 Å². The van der Waals surface area contributed by atoms with E-state index >= 15 is 0 Å². The Bertz CT molecular complexity index is 1170. The highest BCUT2D eigenvalue weighted by Gasteiger charge is 2.30. The second kappa shape index (κ2) is 23.1. The van der Waals surface area contributed by atoms with Crippen LogP contribution in [0.3, 0.4) is 0 Å². The number of ether oxygens (including phenoxy) is 1.